The van der Waals surface area contributed by atoms with Crippen molar-refractivity contribution in [3.63, 3.8) is 0 Å². The molecular weight excluding hydrogens is 665 g/mol. The Morgan fingerprint density at radius 2 is 1.71 bits per heavy atom. The largest absolute Gasteiger partial charge is 0.493 e. The van der Waals surface area contributed by atoms with Gasteiger partial charge in [0.15, 0.2) is 11.5 Å². The van der Waals surface area contributed by atoms with Crippen LogP contribution >= 0.6 is 50.9 Å². The fourth-order valence-corrected chi connectivity index (χ4v) is 6.18. The van der Waals surface area contributed by atoms with Gasteiger partial charge in [0.2, 0.25) is 5.91 Å². The number of nitrogens with zero attached hydrogens (tertiary/aromatic N) is 3. The van der Waals surface area contributed by atoms with Crippen molar-refractivity contribution in [2.45, 2.75) is 6.61 Å². The average molecular weight is 691 g/mol. The summed E-state index contributed by atoms with van der Waals surface area (Å²) in [6.07, 6.45) is 1.60. The fraction of sp³-hybridized carbons (Fsp3) is 0.233. The molecule has 3 aromatic carbocycles. The summed E-state index contributed by atoms with van der Waals surface area (Å²) in [7, 11) is 1.51. The molecule has 2 aliphatic rings. The second kappa shape index (κ2) is 13.4. The number of amides is 3. The van der Waals surface area contributed by atoms with E-state index in [1.165, 1.54) is 7.11 Å². The number of ether oxygens (including phenoxy) is 2. The zero-order valence-corrected chi connectivity index (χ0v) is 26.4. The Labute approximate surface area is 266 Å². The van der Waals surface area contributed by atoms with Gasteiger partial charge in [0.1, 0.15) is 13.2 Å². The summed E-state index contributed by atoms with van der Waals surface area (Å²) in [4.78, 5) is 44.0. The van der Waals surface area contributed by atoms with Crippen LogP contribution in [0.3, 0.4) is 0 Å². The van der Waals surface area contributed by atoms with Crippen molar-refractivity contribution in [3.05, 3.63) is 91.2 Å². The second-order valence-electron chi connectivity index (χ2n) is 9.53. The van der Waals surface area contributed by atoms with Gasteiger partial charge in [0, 0.05) is 36.3 Å². The third kappa shape index (κ3) is 6.89. The number of piperazine rings is 1. The highest BCUT2D eigenvalue weighted by Gasteiger charge is 2.37. The van der Waals surface area contributed by atoms with Crippen molar-refractivity contribution in [2.24, 2.45) is 0 Å². The van der Waals surface area contributed by atoms with Crippen LogP contribution in [-0.2, 0) is 16.2 Å². The molecule has 12 heteroatoms. The Hall–Kier alpha value is -3.18. The van der Waals surface area contributed by atoms with Crippen LogP contribution in [0.5, 0.6) is 11.5 Å². The molecule has 2 heterocycles. The first kappa shape index (κ1) is 30.3. The number of anilines is 1. The number of imide groups is 1. The van der Waals surface area contributed by atoms with Crippen LogP contribution in [0.2, 0.25) is 10.0 Å². The number of halogens is 3. The summed E-state index contributed by atoms with van der Waals surface area (Å²) < 4.78 is 12.1. The van der Waals surface area contributed by atoms with E-state index < -0.39 is 11.1 Å². The SMILES string of the molecule is COc1cc(/C=C2/SC(=O)N(CC(=O)N3CCN(c4ccccc4)CC3)C2=O)c(Br)cc1OCc1ccc(Cl)c(Cl)c1. The van der Waals surface area contributed by atoms with Gasteiger partial charge in [-0.3, -0.25) is 19.3 Å². The number of carbonyl (C=O) groups is 3. The highest BCUT2D eigenvalue weighted by Crippen LogP contribution is 2.38. The lowest BCUT2D eigenvalue weighted by atomic mass is 10.1. The van der Waals surface area contributed by atoms with Crippen LogP contribution in [0.4, 0.5) is 10.5 Å². The van der Waals surface area contributed by atoms with E-state index in [0.717, 1.165) is 27.9 Å². The number of rotatable bonds is 8. The van der Waals surface area contributed by atoms with Gasteiger partial charge in [-0.2, -0.15) is 0 Å². The van der Waals surface area contributed by atoms with Crippen LogP contribution in [0.15, 0.2) is 70.0 Å². The van der Waals surface area contributed by atoms with Crippen LogP contribution < -0.4 is 14.4 Å². The Morgan fingerprint density at radius 1 is 0.976 bits per heavy atom. The summed E-state index contributed by atoms with van der Waals surface area (Å²) in [6, 6.07) is 18.7. The van der Waals surface area contributed by atoms with Crippen LogP contribution in [0, 0.1) is 0 Å². The zero-order chi connectivity index (χ0) is 29.8. The molecule has 42 heavy (non-hydrogen) atoms. The number of benzene rings is 3. The lowest BCUT2D eigenvalue weighted by Crippen LogP contribution is -2.51. The molecule has 0 atom stereocenters. The van der Waals surface area contributed by atoms with Gasteiger partial charge in [-0.25, -0.2) is 0 Å². The third-order valence-electron chi connectivity index (χ3n) is 6.87. The van der Waals surface area contributed by atoms with Crippen molar-refractivity contribution in [3.8, 4) is 11.5 Å². The molecule has 2 saturated heterocycles. The maximum Gasteiger partial charge on any atom is 0.294 e. The lowest BCUT2D eigenvalue weighted by Gasteiger charge is -2.36. The molecule has 0 unspecified atom stereocenters. The molecule has 2 fully saturated rings. The minimum atomic E-state index is -0.507. The Balaban J connectivity index is 1.23. The molecule has 0 aliphatic carbocycles. The van der Waals surface area contributed by atoms with E-state index in [2.05, 4.69) is 20.8 Å². The standard InChI is InChI=1S/C30H26BrCl2N3O5S/c1-40-25-14-20(22(31)16-26(25)41-18-19-7-8-23(32)24(33)13-19)15-27-29(38)36(30(39)42-27)17-28(37)35-11-9-34(10-12-35)21-5-3-2-4-6-21/h2-8,13-16H,9-12,17-18H2,1H3/b27-15+. The first-order valence-corrected chi connectivity index (χ1v) is 15.4. The molecule has 8 nitrogen and oxygen atoms in total. The van der Waals surface area contributed by atoms with E-state index in [4.69, 9.17) is 32.7 Å². The second-order valence-corrected chi connectivity index (χ2v) is 12.2. The molecule has 218 valence electrons. The van der Waals surface area contributed by atoms with Crippen LogP contribution in [0.1, 0.15) is 11.1 Å². The first-order chi connectivity index (χ1) is 20.2. The molecule has 0 N–H and O–H groups in total. The third-order valence-corrected chi connectivity index (χ3v) is 9.20. The van der Waals surface area contributed by atoms with Crippen LogP contribution in [0.25, 0.3) is 6.08 Å². The average Bonchev–Trinajstić information content (AvgIpc) is 3.26. The van der Waals surface area contributed by atoms with Gasteiger partial charge in [-0.05, 0) is 65.4 Å². The van der Waals surface area contributed by atoms with E-state index in [9.17, 15) is 14.4 Å². The minimum absolute atomic E-state index is 0.217. The zero-order valence-electron chi connectivity index (χ0n) is 22.5. The molecule has 0 spiro atoms. The van der Waals surface area contributed by atoms with Crippen molar-refractivity contribution in [1.29, 1.82) is 0 Å². The van der Waals surface area contributed by atoms with E-state index in [1.807, 2.05) is 36.4 Å². The molecule has 0 aromatic heterocycles. The molecule has 0 saturated carbocycles. The Bertz CT molecular complexity index is 1550. The summed E-state index contributed by atoms with van der Waals surface area (Å²) in [6.45, 7) is 2.34. The molecular formula is C30H26BrCl2N3O5S. The van der Waals surface area contributed by atoms with Crippen molar-refractivity contribution in [2.75, 3.05) is 44.7 Å². The van der Waals surface area contributed by atoms with Gasteiger partial charge in [-0.1, -0.05) is 63.4 Å². The molecule has 0 radical (unpaired) electrons. The highest BCUT2D eigenvalue weighted by atomic mass is 79.9. The lowest BCUT2D eigenvalue weighted by molar-refractivity contribution is -0.136. The number of para-hydroxylation sites is 1. The topological polar surface area (TPSA) is 79.4 Å². The van der Waals surface area contributed by atoms with Gasteiger partial charge < -0.3 is 19.3 Å². The van der Waals surface area contributed by atoms with Gasteiger partial charge in [-0.15, -0.1) is 0 Å². The number of hydrogen-bond acceptors (Lipinski definition) is 7. The maximum atomic E-state index is 13.2. The predicted octanol–water partition coefficient (Wildman–Crippen LogP) is 6.73. The normalized spacial score (nSPS) is 16.4. The number of methoxy groups -OCH3 is 1. The van der Waals surface area contributed by atoms with Crippen molar-refractivity contribution >= 4 is 79.7 Å². The van der Waals surface area contributed by atoms with Gasteiger partial charge in [0.05, 0.1) is 22.1 Å². The van der Waals surface area contributed by atoms with E-state index >= 15 is 0 Å². The van der Waals surface area contributed by atoms with E-state index in [1.54, 1.807) is 35.2 Å². The molecule has 0 bridgehead atoms. The number of thioether (sulfide) groups is 1. The summed E-state index contributed by atoms with van der Waals surface area (Å²) in [5.74, 6) is 0.150. The van der Waals surface area contributed by atoms with Crippen molar-refractivity contribution < 1.29 is 23.9 Å². The highest BCUT2D eigenvalue weighted by molar-refractivity contribution is 9.10. The van der Waals surface area contributed by atoms with Gasteiger partial charge in [0.25, 0.3) is 11.1 Å². The molecule has 5 rings (SSSR count). The fourth-order valence-electron chi connectivity index (χ4n) is 4.59. The summed E-state index contributed by atoms with van der Waals surface area (Å²) in [5.41, 5.74) is 2.55. The van der Waals surface area contributed by atoms with E-state index in [0.29, 0.717) is 57.8 Å². The quantitative estimate of drug-likeness (QED) is 0.243. The number of carbonyl (C=O) groups excluding carboxylic acids is 3. The Morgan fingerprint density at radius 3 is 2.40 bits per heavy atom. The molecule has 3 aromatic rings. The smallest absolute Gasteiger partial charge is 0.294 e. The summed E-state index contributed by atoms with van der Waals surface area (Å²) in [5, 5.41) is 0.412. The number of hydrogen-bond donors (Lipinski definition) is 0. The van der Waals surface area contributed by atoms with Gasteiger partial charge >= 0.3 is 0 Å². The Kier molecular flexibility index (Phi) is 9.67. The first-order valence-electron chi connectivity index (χ1n) is 13.0. The monoisotopic (exact) mass is 689 g/mol. The maximum absolute atomic E-state index is 13.2. The molecule has 2 aliphatic heterocycles. The minimum Gasteiger partial charge on any atom is -0.493 e. The van der Waals surface area contributed by atoms with E-state index in [-0.39, 0.29) is 24.0 Å². The molecule has 3 amide bonds. The van der Waals surface area contributed by atoms with Crippen molar-refractivity contribution in [1.82, 2.24) is 9.80 Å². The van der Waals surface area contributed by atoms with Crippen LogP contribution in [-0.4, -0.2) is 66.7 Å². The predicted molar refractivity (Wildman–Crippen MR) is 169 cm³/mol. The summed E-state index contributed by atoms with van der Waals surface area (Å²) >= 11 is 16.4.